The van der Waals surface area contributed by atoms with Gasteiger partial charge in [0, 0.05) is 6.42 Å². The van der Waals surface area contributed by atoms with Gasteiger partial charge >= 0.3 is 5.97 Å². The van der Waals surface area contributed by atoms with Gasteiger partial charge in [0.05, 0.1) is 0 Å². The van der Waals surface area contributed by atoms with E-state index in [1.165, 1.54) is 65.2 Å². The molecule has 138 valence electrons. The Labute approximate surface area is 142 Å². The van der Waals surface area contributed by atoms with Crippen molar-refractivity contribution in [2.24, 2.45) is 0 Å². The lowest BCUT2D eigenvalue weighted by Gasteiger charge is -2.25. The molecule has 0 heterocycles. The van der Waals surface area contributed by atoms with Gasteiger partial charge in [-0.15, -0.1) is 0 Å². The number of nitrogens with zero attached hydrogens (tertiary/aromatic N) is 1. The van der Waals surface area contributed by atoms with Crippen molar-refractivity contribution in [1.29, 1.82) is 0 Å². The summed E-state index contributed by atoms with van der Waals surface area (Å²) >= 11 is 0. The van der Waals surface area contributed by atoms with E-state index < -0.39 is 18.4 Å². The van der Waals surface area contributed by atoms with Crippen LogP contribution in [0.4, 0.5) is 0 Å². The minimum atomic E-state index is -1.02. The van der Waals surface area contributed by atoms with Crippen molar-refractivity contribution in [3.05, 3.63) is 0 Å². The summed E-state index contributed by atoms with van der Waals surface area (Å²) in [5, 5.41) is 19.7. The highest BCUT2D eigenvalue weighted by atomic mass is 16.7. The fourth-order valence-electron chi connectivity index (χ4n) is 2.56. The number of hydroxylamine groups is 2. The van der Waals surface area contributed by atoms with Crippen LogP contribution >= 0.6 is 0 Å². The molecular formula is C18H37NO4. The van der Waals surface area contributed by atoms with Crippen molar-refractivity contribution >= 4 is 5.97 Å². The molecule has 0 amide bonds. The van der Waals surface area contributed by atoms with Crippen molar-refractivity contribution in [3.8, 4) is 0 Å². The molecule has 0 radical (unpaired) electrons. The number of hydrogen-bond acceptors (Lipinski definition) is 5. The zero-order valence-electron chi connectivity index (χ0n) is 15.3. The molecule has 2 N–H and O–H groups in total. The van der Waals surface area contributed by atoms with Crippen LogP contribution in [0.15, 0.2) is 0 Å². The van der Waals surface area contributed by atoms with E-state index in [4.69, 9.17) is 4.84 Å². The fourth-order valence-corrected chi connectivity index (χ4v) is 2.56. The summed E-state index contributed by atoms with van der Waals surface area (Å²) in [6.45, 7) is 5.13. The molecule has 5 nitrogen and oxygen atoms in total. The third kappa shape index (κ3) is 13.5. The summed E-state index contributed by atoms with van der Waals surface area (Å²) < 4.78 is 0. The van der Waals surface area contributed by atoms with Crippen LogP contribution in [0.2, 0.25) is 0 Å². The van der Waals surface area contributed by atoms with Crippen LogP contribution in [-0.2, 0) is 9.63 Å². The molecule has 0 rings (SSSR count). The molecule has 0 aliphatic rings. The van der Waals surface area contributed by atoms with Gasteiger partial charge in [-0.3, -0.25) is 4.79 Å². The Balaban J connectivity index is 3.45. The average Bonchev–Trinajstić information content (AvgIpc) is 2.49. The second-order valence-corrected chi connectivity index (χ2v) is 6.37. The summed E-state index contributed by atoms with van der Waals surface area (Å²) in [5.41, 5.74) is 0. The maximum Gasteiger partial charge on any atom is 0.325 e. The standard InChI is InChI=1S/C18H37NO4/c1-4-5-6-7-8-9-10-11-12-13-14-15-18(22)23-19(16(2)20)17(3)21/h16-17,20-21H,4-15H2,1-3H3. The lowest BCUT2D eigenvalue weighted by atomic mass is 10.1. The predicted molar refractivity (Wildman–Crippen MR) is 92.4 cm³/mol. The first-order valence-electron chi connectivity index (χ1n) is 9.34. The van der Waals surface area contributed by atoms with Crippen LogP contribution in [0.5, 0.6) is 0 Å². The second-order valence-electron chi connectivity index (χ2n) is 6.37. The molecule has 0 bridgehead atoms. The topological polar surface area (TPSA) is 70.0 Å². The van der Waals surface area contributed by atoms with Gasteiger partial charge < -0.3 is 15.1 Å². The molecule has 0 aromatic carbocycles. The summed E-state index contributed by atoms with van der Waals surface area (Å²) in [6.07, 6.45) is 11.8. The highest BCUT2D eigenvalue weighted by Crippen LogP contribution is 2.12. The molecule has 0 saturated carbocycles. The monoisotopic (exact) mass is 331 g/mol. The van der Waals surface area contributed by atoms with Crippen molar-refractivity contribution in [1.82, 2.24) is 5.06 Å². The second kappa shape index (κ2) is 14.9. The molecule has 0 saturated heterocycles. The highest BCUT2D eigenvalue weighted by Gasteiger charge is 2.20. The van der Waals surface area contributed by atoms with Crippen molar-refractivity contribution in [2.45, 2.75) is 110 Å². The normalized spacial score (nSPS) is 14.0. The molecule has 0 aliphatic carbocycles. The average molecular weight is 331 g/mol. The zero-order chi connectivity index (χ0) is 17.5. The molecular weight excluding hydrogens is 294 g/mol. The Kier molecular flexibility index (Phi) is 14.5. The van der Waals surface area contributed by atoms with Gasteiger partial charge in [-0.25, -0.2) is 0 Å². The minimum Gasteiger partial charge on any atom is -0.375 e. The number of carbonyl (C=O) groups is 1. The number of rotatable bonds is 15. The molecule has 2 unspecified atom stereocenters. The van der Waals surface area contributed by atoms with Crippen LogP contribution in [0.25, 0.3) is 0 Å². The number of aliphatic hydroxyl groups excluding tert-OH is 2. The highest BCUT2D eigenvalue weighted by molar-refractivity contribution is 5.68. The van der Waals surface area contributed by atoms with Gasteiger partial charge in [-0.2, -0.15) is 0 Å². The van der Waals surface area contributed by atoms with Crippen LogP contribution in [-0.4, -0.2) is 33.7 Å². The summed E-state index contributed by atoms with van der Waals surface area (Å²) in [5.74, 6) is -0.400. The largest absolute Gasteiger partial charge is 0.375 e. The van der Waals surface area contributed by atoms with E-state index in [9.17, 15) is 15.0 Å². The first-order valence-corrected chi connectivity index (χ1v) is 9.34. The number of unbranched alkanes of at least 4 members (excludes halogenated alkanes) is 10. The smallest absolute Gasteiger partial charge is 0.325 e. The predicted octanol–water partition coefficient (Wildman–Crippen LogP) is 4.12. The van der Waals surface area contributed by atoms with Crippen LogP contribution in [0.1, 0.15) is 97.8 Å². The van der Waals surface area contributed by atoms with Gasteiger partial charge in [-0.05, 0) is 20.3 Å². The van der Waals surface area contributed by atoms with Gasteiger partial charge in [0.15, 0.2) is 0 Å². The molecule has 23 heavy (non-hydrogen) atoms. The lowest BCUT2D eigenvalue weighted by molar-refractivity contribution is -0.276. The lowest BCUT2D eigenvalue weighted by Crippen LogP contribution is -2.41. The molecule has 2 atom stereocenters. The molecule has 0 spiro atoms. The van der Waals surface area contributed by atoms with Crippen molar-refractivity contribution in [2.75, 3.05) is 0 Å². The van der Waals surface area contributed by atoms with Crippen LogP contribution < -0.4 is 0 Å². The van der Waals surface area contributed by atoms with E-state index in [-0.39, 0.29) is 0 Å². The quantitative estimate of drug-likeness (QED) is 0.268. The fraction of sp³-hybridized carbons (Fsp3) is 0.944. The van der Waals surface area contributed by atoms with Crippen molar-refractivity contribution < 1.29 is 19.8 Å². The Morgan fingerprint density at radius 2 is 1.22 bits per heavy atom. The van der Waals surface area contributed by atoms with E-state index in [1.54, 1.807) is 0 Å². The maximum atomic E-state index is 11.6. The Hall–Kier alpha value is -0.650. The molecule has 0 fully saturated rings. The van der Waals surface area contributed by atoms with Crippen LogP contribution in [0.3, 0.4) is 0 Å². The number of aliphatic hydroxyl groups is 2. The summed E-state index contributed by atoms with van der Waals surface area (Å²) in [4.78, 5) is 16.6. The number of hydrogen-bond donors (Lipinski definition) is 2. The van der Waals surface area contributed by atoms with Gasteiger partial charge in [0.1, 0.15) is 12.5 Å². The minimum absolute atomic E-state index is 0.326. The Bertz CT molecular complexity index is 274. The zero-order valence-corrected chi connectivity index (χ0v) is 15.3. The third-order valence-electron chi connectivity index (χ3n) is 3.93. The molecule has 0 aromatic heterocycles. The Morgan fingerprint density at radius 1 is 0.826 bits per heavy atom. The number of carbonyl (C=O) groups excluding carboxylic acids is 1. The molecule has 0 aromatic rings. The SMILES string of the molecule is CCCCCCCCCCCCCC(=O)ON(C(C)O)C(C)O. The van der Waals surface area contributed by atoms with E-state index in [0.29, 0.717) is 6.42 Å². The van der Waals surface area contributed by atoms with Gasteiger partial charge in [0.25, 0.3) is 0 Å². The first kappa shape index (κ1) is 22.4. The molecule has 5 heteroatoms. The van der Waals surface area contributed by atoms with E-state index in [1.807, 2.05) is 0 Å². The van der Waals surface area contributed by atoms with E-state index in [2.05, 4.69) is 6.92 Å². The van der Waals surface area contributed by atoms with Gasteiger partial charge in [-0.1, -0.05) is 76.2 Å². The summed E-state index contributed by atoms with van der Waals surface area (Å²) in [6, 6.07) is 0. The Morgan fingerprint density at radius 3 is 1.61 bits per heavy atom. The molecule has 0 aliphatic heterocycles. The third-order valence-corrected chi connectivity index (χ3v) is 3.93. The van der Waals surface area contributed by atoms with Crippen LogP contribution in [0, 0.1) is 0 Å². The van der Waals surface area contributed by atoms with Gasteiger partial charge in [0.2, 0.25) is 0 Å². The first-order chi connectivity index (χ1) is 11.0. The summed E-state index contributed by atoms with van der Waals surface area (Å²) in [7, 11) is 0. The van der Waals surface area contributed by atoms with Crippen molar-refractivity contribution in [3.63, 3.8) is 0 Å². The van der Waals surface area contributed by atoms with E-state index in [0.717, 1.165) is 24.3 Å². The maximum absolute atomic E-state index is 11.6. The van der Waals surface area contributed by atoms with E-state index >= 15 is 0 Å².